The van der Waals surface area contributed by atoms with Gasteiger partial charge in [-0.25, -0.2) is 0 Å². The zero-order valence-electron chi connectivity index (χ0n) is 10.4. The number of benzene rings is 1. The molecule has 100 valence electrons. The molecule has 6 heteroatoms. The third-order valence-electron chi connectivity index (χ3n) is 2.68. The number of hydrogen-bond donors (Lipinski definition) is 2. The fourth-order valence-electron chi connectivity index (χ4n) is 1.46. The normalized spacial score (nSPS) is 12.7. The average Bonchev–Trinajstić information content (AvgIpc) is 2.28. The van der Waals surface area contributed by atoms with Gasteiger partial charge in [-0.1, -0.05) is 29.8 Å². The minimum atomic E-state index is -0.448. The maximum Gasteiger partial charge on any atom is 0.273 e. The summed E-state index contributed by atoms with van der Waals surface area (Å²) in [6.07, 6.45) is -0.448. The van der Waals surface area contributed by atoms with E-state index in [1.165, 1.54) is 6.07 Å². The summed E-state index contributed by atoms with van der Waals surface area (Å²) in [6, 6.07) is 4.83. The van der Waals surface area contributed by atoms with Crippen molar-refractivity contribution in [3.63, 3.8) is 0 Å². The number of rotatable bonds is 6. The third kappa shape index (κ3) is 4.36. The van der Waals surface area contributed by atoms with Gasteiger partial charge in [0.25, 0.3) is 5.69 Å². The van der Waals surface area contributed by atoms with Crippen LogP contribution in [0.2, 0.25) is 0 Å². The van der Waals surface area contributed by atoms with Crippen molar-refractivity contribution in [2.75, 3.05) is 6.54 Å². The number of aliphatic hydroxyl groups is 1. The van der Waals surface area contributed by atoms with Crippen LogP contribution in [-0.2, 0) is 6.54 Å². The highest BCUT2D eigenvalue weighted by molar-refractivity contribution is 9.10. The maximum absolute atomic E-state index is 10.9. The van der Waals surface area contributed by atoms with Crippen LogP contribution in [0.1, 0.15) is 19.4 Å². The molecule has 0 heterocycles. The van der Waals surface area contributed by atoms with E-state index in [0.29, 0.717) is 18.7 Å². The highest BCUT2D eigenvalue weighted by Crippen LogP contribution is 2.22. The Labute approximate surface area is 114 Å². The van der Waals surface area contributed by atoms with Gasteiger partial charge in [-0.2, -0.15) is 0 Å². The van der Waals surface area contributed by atoms with Gasteiger partial charge in [-0.3, -0.25) is 10.1 Å². The van der Waals surface area contributed by atoms with Crippen LogP contribution in [0.3, 0.4) is 0 Å². The van der Waals surface area contributed by atoms with Gasteiger partial charge in [-0.05, 0) is 18.1 Å². The topological polar surface area (TPSA) is 75.4 Å². The number of nitrogens with one attached hydrogen (secondary N) is 1. The molecular weight excluding hydrogens is 300 g/mol. The lowest BCUT2D eigenvalue weighted by atomic mass is 10.1. The molecule has 0 aromatic heterocycles. The van der Waals surface area contributed by atoms with E-state index in [2.05, 4.69) is 21.2 Å². The molecule has 0 aliphatic carbocycles. The summed E-state index contributed by atoms with van der Waals surface area (Å²) < 4.78 is 0.800. The van der Waals surface area contributed by atoms with Crippen molar-refractivity contribution in [1.82, 2.24) is 5.32 Å². The summed E-state index contributed by atoms with van der Waals surface area (Å²) in [5.41, 5.74) is 0.690. The molecular formula is C12H17BrN2O3. The first-order chi connectivity index (χ1) is 8.41. The van der Waals surface area contributed by atoms with Crippen LogP contribution in [0.5, 0.6) is 0 Å². The van der Waals surface area contributed by atoms with E-state index in [9.17, 15) is 15.2 Å². The second kappa shape index (κ2) is 6.82. The minimum Gasteiger partial charge on any atom is -0.392 e. The molecule has 0 spiro atoms. The zero-order valence-corrected chi connectivity index (χ0v) is 12.0. The summed E-state index contributed by atoms with van der Waals surface area (Å²) in [5, 5.41) is 23.5. The fraction of sp³-hybridized carbons (Fsp3) is 0.500. The van der Waals surface area contributed by atoms with Gasteiger partial charge >= 0.3 is 0 Å². The summed E-state index contributed by atoms with van der Waals surface area (Å²) in [4.78, 5) is 10.5. The number of aliphatic hydroxyl groups excluding tert-OH is 1. The molecule has 1 rings (SSSR count). The number of nitrogens with zero attached hydrogens (tertiary/aromatic N) is 1. The Morgan fingerprint density at radius 3 is 2.72 bits per heavy atom. The van der Waals surface area contributed by atoms with Gasteiger partial charge < -0.3 is 10.4 Å². The lowest BCUT2D eigenvalue weighted by molar-refractivity contribution is -0.385. The smallest absolute Gasteiger partial charge is 0.273 e. The summed E-state index contributed by atoms with van der Waals surface area (Å²) in [6.45, 7) is 4.63. The minimum absolute atomic E-state index is 0.0877. The monoisotopic (exact) mass is 316 g/mol. The maximum atomic E-state index is 10.9. The van der Waals surface area contributed by atoms with Crippen LogP contribution in [0.4, 0.5) is 5.69 Å². The van der Waals surface area contributed by atoms with Crippen molar-refractivity contribution in [2.45, 2.75) is 26.5 Å². The molecule has 0 fully saturated rings. The van der Waals surface area contributed by atoms with Crippen molar-refractivity contribution >= 4 is 21.6 Å². The van der Waals surface area contributed by atoms with Crippen LogP contribution >= 0.6 is 15.9 Å². The molecule has 0 aliphatic rings. The van der Waals surface area contributed by atoms with Crippen LogP contribution in [0, 0.1) is 16.0 Å². The highest BCUT2D eigenvalue weighted by Gasteiger charge is 2.14. The lowest BCUT2D eigenvalue weighted by Gasteiger charge is -2.15. The lowest BCUT2D eigenvalue weighted by Crippen LogP contribution is -2.30. The first-order valence-corrected chi connectivity index (χ1v) is 6.52. The Bertz CT molecular complexity index is 424. The van der Waals surface area contributed by atoms with Gasteiger partial charge in [0.2, 0.25) is 0 Å². The molecule has 1 aromatic carbocycles. The summed E-state index contributed by atoms with van der Waals surface area (Å²) in [5.74, 6) is 0.162. The molecule has 0 saturated carbocycles. The highest BCUT2D eigenvalue weighted by atomic mass is 79.9. The van der Waals surface area contributed by atoms with Crippen molar-refractivity contribution in [2.24, 2.45) is 5.92 Å². The third-order valence-corrected chi connectivity index (χ3v) is 3.17. The average molecular weight is 317 g/mol. The van der Waals surface area contributed by atoms with E-state index in [4.69, 9.17) is 0 Å². The first-order valence-electron chi connectivity index (χ1n) is 5.73. The Balaban J connectivity index is 2.66. The molecule has 1 atom stereocenters. The van der Waals surface area contributed by atoms with Crippen molar-refractivity contribution in [3.05, 3.63) is 38.3 Å². The predicted octanol–water partition coefficient (Wildman–Crippen LogP) is 2.46. The van der Waals surface area contributed by atoms with Crippen LogP contribution < -0.4 is 5.32 Å². The van der Waals surface area contributed by atoms with E-state index >= 15 is 0 Å². The Hall–Kier alpha value is -0.980. The molecule has 0 aliphatic heterocycles. The van der Waals surface area contributed by atoms with Crippen molar-refractivity contribution in [1.29, 1.82) is 0 Å². The molecule has 5 nitrogen and oxygen atoms in total. The second-order valence-corrected chi connectivity index (χ2v) is 5.39. The van der Waals surface area contributed by atoms with Crippen molar-refractivity contribution < 1.29 is 10.0 Å². The SMILES string of the molecule is CC(C)C(O)CNCc1cc(Br)ccc1[N+](=O)[O-]. The van der Waals surface area contributed by atoms with E-state index in [-0.39, 0.29) is 11.6 Å². The van der Waals surface area contributed by atoms with Crippen LogP contribution in [0.25, 0.3) is 0 Å². The van der Waals surface area contributed by atoms with Gasteiger partial charge in [0.1, 0.15) is 0 Å². The Kier molecular flexibility index (Phi) is 5.71. The fourth-order valence-corrected chi connectivity index (χ4v) is 1.87. The second-order valence-electron chi connectivity index (χ2n) is 4.47. The number of nitro benzene ring substituents is 1. The molecule has 0 amide bonds. The van der Waals surface area contributed by atoms with E-state index < -0.39 is 11.0 Å². The predicted molar refractivity (Wildman–Crippen MR) is 73.3 cm³/mol. The largest absolute Gasteiger partial charge is 0.392 e. The van der Waals surface area contributed by atoms with Crippen LogP contribution in [0.15, 0.2) is 22.7 Å². The summed E-state index contributed by atoms with van der Waals surface area (Å²) in [7, 11) is 0. The number of hydrogen-bond acceptors (Lipinski definition) is 4. The summed E-state index contributed by atoms with van der Waals surface area (Å²) >= 11 is 3.29. The molecule has 1 aromatic rings. The number of nitro groups is 1. The van der Waals surface area contributed by atoms with E-state index in [1.807, 2.05) is 13.8 Å². The Morgan fingerprint density at radius 2 is 2.17 bits per heavy atom. The first kappa shape index (κ1) is 15.1. The van der Waals surface area contributed by atoms with Gasteiger partial charge in [0.05, 0.1) is 11.0 Å². The molecule has 0 bridgehead atoms. The molecule has 18 heavy (non-hydrogen) atoms. The molecule has 1 unspecified atom stereocenters. The zero-order chi connectivity index (χ0) is 13.7. The van der Waals surface area contributed by atoms with Crippen LogP contribution in [-0.4, -0.2) is 22.7 Å². The van der Waals surface area contributed by atoms with E-state index in [1.54, 1.807) is 12.1 Å². The van der Waals surface area contributed by atoms with Gasteiger partial charge in [-0.15, -0.1) is 0 Å². The molecule has 0 radical (unpaired) electrons. The number of halogens is 1. The van der Waals surface area contributed by atoms with Crippen molar-refractivity contribution in [3.8, 4) is 0 Å². The van der Waals surface area contributed by atoms with Gasteiger partial charge in [0.15, 0.2) is 0 Å². The Morgan fingerprint density at radius 1 is 1.50 bits per heavy atom. The van der Waals surface area contributed by atoms with E-state index in [0.717, 1.165) is 4.47 Å². The molecule has 0 saturated heterocycles. The standard InChI is InChI=1S/C12H17BrN2O3/c1-8(2)12(16)7-14-6-9-5-10(13)3-4-11(9)15(17)18/h3-5,8,12,14,16H,6-7H2,1-2H3. The molecule has 2 N–H and O–H groups in total. The van der Waals surface area contributed by atoms with Gasteiger partial charge in [0, 0.05) is 29.2 Å². The quantitative estimate of drug-likeness (QED) is 0.624.